The van der Waals surface area contributed by atoms with Crippen LogP contribution in [0.5, 0.6) is 0 Å². The van der Waals surface area contributed by atoms with Gasteiger partial charge in [-0.1, -0.05) is 66.7 Å². The van der Waals surface area contributed by atoms with Crippen molar-refractivity contribution in [3.05, 3.63) is 83.9 Å². The topological polar surface area (TPSA) is 63.2 Å². The highest BCUT2D eigenvalue weighted by molar-refractivity contribution is 6.70. The van der Waals surface area contributed by atoms with Crippen LogP contribution in [0.3, 0.4) is 0 Å². The van der Waals surface area contributed by atoms with E-state index in [9.17, 15) is 4.79 Å². The molecule has 3 aromatic rings. The Hall–Kier alpha value is -2.76. The van der Waals surface area contributed by atoms with Crippen molar-refractivity contribution in [1.82, 2.24) is 0 Å². The number of fused-ring (bicyclic) bond motifs is 2. The fraction of sp³-hybridized carbons (Fsp3) is 0.414. The van der Waals surface area contributed by atoms with Gasteiger partial charge in [-0.15, -0.1) is 0 Å². The molecule has 3 aromatic carbocycles. The Bertz CT molecular complexity index is 1310. The molecule has 0 amide bonds. The first kappa shape index (κ1) is 27.8. The number of ether oxygens (including phenoxy) is 4. The molecule has 2 aliphatic heterocycles. The second-order valence-corrected chi connectivity index (χ2v) is 15.3. The zero-order valence-electron chi connectivity index (χ0n) is 21.9. The molecule has 0 radical (unpaired) electrons. The van der Waals surface area contributed by atoms with E-state index in [-0.39, 0.29) is 18.8 Å². The summed E-state index contributed by atoms with van der Waals surface area (Å²) in [5, 5.41) is 1.30. The van der Waals surface area contributed by atoms with Crippen LogP contribution in [0.4, 0.5) is 13.2 Å². The van der Waals surface area contributed by atoms with Crippen molar-refractivity contribution in [2.75, 3.05) is 13.2 Å². The highest BCUT2D eigenvalue weighted by atomic mass is 28.4. The van der Waals surface area contributed by atoms with Crippen molar-refractivity contribution in [3.8, 4) is 0 Å². The minimum Gasteiger partial charge on any atom is -0.454 e. The first-order valence-electron chi connectivity index (χ1n) is 12.8. The summed E-state index contributed by atoms with van der Waals surface area (Å²) in [6.45, 7) is 5.21. The zero-order valence-corrected chi connectivity index (χ0v) is 22.9. The molecule has 2 saturated heterocycles. The van der Waals surface area contributed by atoms with E-state index in [4.69, 9.17) is 23.4 Å². The van der Waals surface area contributed by atoms with Crippen molar-refractivity contribution < 1.29 is 41.3 Å². The third kappa shape index (κ3) is 5.62. The summed E-state index contributed by atoms with van der Waals surface area (Å²) in [4.78, 5) is 13.7. The Morgan fingerprint density at radius 1 is 0.872 bits per heavy atom. The number of esters is 1. The third-order valence-electron chi connectivity index (χ3n) is 6.83. The van der Waals surface area contributed by atoms with Gasteiger partial charge in [0.2, 0.25) is 0 Å². The summed E-state index contributed by atoms with van der Waals surface area (Å²) < 4.78 is 74.0. The molecule has 0 N–H and O–H groups in total. The number of rotatable bonds is 8. The van der Waals surface area contributed by atoms with Crippen molar-refractivity contribution in [2.24, 2.45) is 0 Å². The van der Waals surface area contributed by atoms with Crippen LogP contribution in [-0.4, -0.2) is 58.1 Å². The van der Waals surface area contributed by atoms with Gasteiger partial charge in [0.15, 0.2) is 14.4 Å². The standard InChI is InChI=1S/C29H31F3O6Si/c1-39(2,3)38-28(29(30,31)32,22-14-13-20-11-7-8-12-21(20)15-22)27(33)37-24-18-36-25-23(17-35-26(24)25)34-16-19-9-5-4-6-10-19/h4-15,23-26H,16-18H2,1-3H3/t23-,24+,25+,26+,28-/m0/s1. The molecule has 10 heteroatoms. The maximum atomic E-state index is 15.0. The number of carbonyl (C=O) groups excluding carboxylic acids is 1. The van der Waals surface area contributed by atoms with Crippen LogP contribution in [0.25, 0.3) is 10.8 Å². The molecule has 5 rings (SSSR count). The van der Waals surface area contributed by atoms with Gasteiger partial charge < -0.3 is 23.4 Å². The van der Waals surface area contributed by atoms with Gasteiger partial charge in [-0.2, -0.15) is 13.2 Å². The maximum absolute atomic E-state index is 15.0. The zero-order chi connectivity index (χ0) is 27.8. The molecule has 0 saturated carbocycles. The first-order valence-corrected chi connectivity index (χ1v) is 16.2. The highest BCUT2D eigenvalue weighted by Crippen LogP contribution is 2.47. The third-order valence-corrected chi connectivity index (χ3v) is 7.75. The fourth-order valence-electron chi connectivity index (χ4n) is 5.09. The lowest BCUT2D eigenvalue weighted by molar-refractivity contribution is -0.264. The summed E-state index contributed by atoms with van der Waals surface area (Å²) in [6, 6.07) is 20.7. The molecule has 0 aliphatic carbocycles. The molecule has 0 spiro atoms. The van der Waals surface area contributed by atoms with Gasteiger partial charge in [-0.3, -0.25) is 0 Å². The number of hydrogen-bond donors (Lipinski definition) is 0. The van der Waals surface area contributed by atoms with Crippen LogP contribution in [-0.2, 0) is 40.4 Å². The predicted octanol–water partition coefficient (Wildman–Crippen LogP) is 5.74. The molecule has 0 bridgehead atoms. The Balaban J connectivity index is 1.40. The maximum Gasteiger partial charge on any atom is 0.431 e. The molecule has 5 atom stereocenters. The van der Waals surface area contributed by atoms with Gasteiger partial charge >= 0.3 is 12.1 Å². The Kier molecular flexibility index (Phi) is 7.60. The molecular formula is C29H31F3O6Si. The first-order chi connectivity index (χ1) is 18.5. The minimum absolute atomic E-state index is 0.106. The van der Waals surface area contributed by atoms with E-state index in [1.807, 2.05) is 30.3 Å². The average Bonchev–Trinajstić information content (AvgIpc) is 3.48. The van der Waals surface area contributed by atoms with E-state index in [2.05, 4.69) is 0 Å². The van der Waals surface area contributed by atoms with E-state index < -0.39 is 50.5 Å². The van der Waals surface area contributed by atoms with Gasteiger partial charge in [0.1, 0.15) is 18.3 Å². The SMILES string of the molecule is C[Si](C)(C)O[C@](C(=O)O[C@@H]1CO[C@H]2[C@@H]1OC[C@@H]2OCc1ccccc1)(c1ccc2ccccc2c1)C(F)(F)F. The minimum atomic E-state index is -5.09. The predicted molar refractivity (Wildman–Crippen MR) is 140 cm³/mol. The fourth-order valence-corrected chi connectivity index (χ4v) is 6.33. The highest BCUT2D eigenvalue weighted by Gasteiger charge is 2.66. The van der Waals surface area contributed by atoms with E-state index in [1.165, 1.54) is 12.1 Å². The molecule has 39 heavy (non-hydrogen) atoms. The van der Waals surface area contributed by atoms with Crippen LogP contribution in [0.2, 0.25) is 19.6 Å². The normalized spacial score (nSPS) is 24.9. The van der Waals surface area contributed by atoms with Gasteiger partial charge in [0.05, 0.1) is 19.8 Å². The average molecular weight is 561 g/mol. The molecule has 2 fully saturated rings. The summed E-state index contributed by atoms with van der Waals surface area (Å²) in [6.07, 6.45) is -7.89. The molecule has 2 aliphatic rings. The number of carbonyl (C=O) groups is 1. The van der Waals surface area contributed by atoms with E-state index in [0.717, 1.165) is 10.9 Å². The van der Waals surface area contributed by atoms with E-state index >= 15 is 13.2 Å². The largest absolute Gasteiger partial charge is 0.454 e. The molecule has 0 unspecified atom stereocenters. The Morgan fingerprint density at radius 3 is 2.15 bits per heavy atom. The van der Waals surface area contributed by atoms with Gasteiger partial charge in [0, 0.05) is 5.56 Å². The Labute approximate surface area is 226 Å². The van der Waals surface area contributed by atoms with Crippen molar-refractivity contribution in [1.29, 1.82) is 0 Å². The van der Waals surface area contributed by atoms with E-state index in [0.29, 0.717) is 12.0 Å². The van der Waals surface area contributed by atoms with E-state index in [1.54, 1.807) is 50.0 Å². The van der Waals surface area contributed by atoms with Gasteiger partial charge in [-0.25, -0.2) is 4.79 Å². The lowest BCUT2D eigenvalue weighted by Gasteiger charge is -2.39. The Morgan fingerprint density at radius 2 is 1.49 bits per heavy atom. The summed E-state index contributed by atoms with van der Waals surface area (Å²) in [5.74, 6) is -1.53. The number of alkyl halides is 3. The molecular weight excluding hydrogens is 529 g/mol. The molecule has 208 valence electrons. The lowest BCUT2D eigenvalue weighted by Crippen LogP contribution is -2.57. The number of halogens is 3. The van der Waals surface area contributed by atoms with Crippen LogP contribution >= 0.6 is 0 Å². The second-order valence-electron chi connectivity index (χ2n) is 10.8. The monoisotopic (exact) mass is 560 g/mol. The lowest BCUT2D eigenvalue weighted by atomic mass is 9.91. The summed E-state index contributed by atoms with van der Waals surface area (Å²) in [7, 11) is -2.96. The second kappa shape index (κ2) is 10.7. The van der Waals surface area contributed by atoms with Crippen molar-refractivity contribution in [2.45, 2.75) is 62.4 Å². The van der Waals surface area contributed by atoms with Crippen LogP contribution in [0, 0.1) is 0 Å². The van der Waals surface area contributed by atoms with Crippen molar-refractivity contribution in [3.63, 3.8) is 0 Å². The van der Waals surface area contributed by atoms with Crippen molar-refractivity contribution >= 4 is 25.1 Å². The molecule has 6 nitrogen and oxygen atoms in total. The summed E-state index contributed by atoms with van der Waals surface area (Å²) in [5.41, 5.74) is -2.66. The van der Waals surface area contributed by atoms with Crippen LogP contribution in [0.15, 0.2) is 72.8 Å². The number of benzene rings is 3. The summed E-state index contributed by atoms with van der Waals surface area (Å²) >= 11 is 0. The van der Waals surface area contributed by atoms with Crippen LogP contribution < -0.4 is 0 Å². The smallest absolute Gasteiger partial charge is 0.431 e. The molecule has 0 aromatic heterocycles. The van der Waals surface area contributed by atoms with Gasteiger partial charge in [-0.05, 0) is 42.0 Å². The quantitative estimate of drug-likeness (QED) is 0.259. The van der Waals surface area contributed by atoms with Gasteiger partial charge in [0.25, 0.3) is 5.60 Å². The molecule has 2 heterocycles. The number of hydrogen-bond acceptors (Lipinski definition) is 6. The van der Waals surface area contributed by atoms with Crippen LogP contribution in [0.1, 0.15) is 11.1 Å².